The van der Waals surface area contributed by atoms with Crippen LogP contribution in [0.4, 0.5) is 0 Å². The van der Waals surface area contributed by atoms with Crippen LogP contribution in [0.1, 0.15) is 45.3 Å². The molecule has 0 bridgehead atoms. The quantitative estimate of drug-likeness (QED) is 0.807. The smallest absolute Gasteiger partial charge is 0.304 e. The molecule has 1 unspecified atom stereocenters. The van der Waals surface area contributed by atoms with Crippen LogP contribution in [0.25, 0.3) is 0 Å². The lowest BCUT2D eigenvalue weighted by atomic mass is 9.96. The van der Waals surface area contributed by atoms with Crippen molar-refractivity contribution in [1.82, 2.24) is 14.8 Å². The normalized spacial score (nSPS) is 13.0. The molecule has 1 aromatic carbocycles. The largest absolute Gasteiger partial charge is 0.435 e. The van der Waals surface area contributed by atoms with Gasteiger partial charge in [0.1, 0.15) is 6.33 Å². The van der Waals surface area contributed by atoms with Gasteiger partial charge in [0.2, 0.25) is 6.23 Å². The van der Waals surface area contributed by atoms with E-state index in [0.717, 1.165) is 5.56 Å². The Labute approximate surface area is 118 Å². The van der Waals surface area contributed by atoms with Crippen LogP contribution >= 0.6 is 0 Å². The lowest BCUT2D eigenvalue weighted by molar-refractivity contribution is -0.148. The molecule has 0 amide bonds. The summed E-state index contributed by atoms with van der Waals surface area (Å²) in [6.45, 7) is 7.50. The van der Waals surface area contributed by atoms with Gasteiger partial charge in [-0.3, -0.25) is 4.79 Å². The van der Waals surface area contributed by atoms with Crippen molar-refractivity contribution in [3.8, 4) is 0 Å². The number of aromatic nitrogens is 3. The molecule has 5 nitrogen and oxygen atoms in total. The van der Waals surface area contributed by atoms with Crippen LogP contribution in [0.3, 0.4) is 0 Å². The maximum atomic E-state index is 11.3. The summed E-state index contributed by atoms with van der Waals surface area (Å²) in [4.78, 5) is 15.6. The van der Waals surface area contributed by atoms with Crippen LogP contribution in [-0.4, -0.2) is 20.7 Å². The highest BCUT2D eigenvalue weighted by atomic mass is 16.6. The number of carbonyl (C=O) groups is 1. The predicted octanol–water partition coefficient (Wildman–Crippen LogP) is 2.69. The van der Waals surface area contributed by atoms with Crippen molar-refractivity contribution >= 4 is 5.97 Å². The fourth-order valence-electron chi connectivity index (χ4n) is 1.78. The standard InChI is InChI=1S/C15H19N3O2/c1-11(19)20-13(12-8-6-5-7-9-12)18-10-16-14(17-18)15(2,3)4/h5-10,13H,1-4H3. The molecule has 106 valence electrons. The van der Waals surface area contributed by atoms with Gasteiger partial charge in [-0.1, -0.05) is 51.1 Å². The van der Waals surface area contributed by atoms with Gasteiger partial charge < -0.3 is 4.74 Å². The van der Waals surface area contributed by atoms with Gasteiger partial charge >= 0.3 is 5.97 Å². The Bertz CT molecular complexity index is 585. The van der Waals surface area contributed by atoms with E-state index in [4.69, 9.17) is 4.74 Å². The molecule has 1 aromatic heterocycles. The van der Waals surface area contributed by atoms with Crippen LogP contribution in [-0.2, 0) is 14.9 Å². The summed E-state index contributed by atoms with van der Waals surface area (Å²) in [5, 5.41) is 4.44. The van der Waals surface area contributed by atoms with E-state index in [2.05, 4.69) is 10.1 Å². The molecular weight excluding hydrogens is 254 g/mol. The molecule has 0 spiro atoms. The summed E-state index contributed by atoms with van der Waals surface area (Å²) in [5.74, 6) is 0.359. The Hall–Kier alpha value is -2.17. The van der Waals surface area contributed by atoms with E-state index < -0.39 is 6.23 Å². The molecular formula is C15H19N3O2. The molecule has 20 heavy (non-hydrogen) atoms. The molecule has 0 aliphatic heterocycles. The number of rotatable bonds is 3. The fraction of sp³-hybridized carbons (Fsp3) is 0.400. The number of benzene rings is 1. The van der Waals surface area contributed by atoms with Crippen molar-refractivity contribution in [2.24, 2.45) is 0 Å². The molecule has 0 radical (unpaired) electrons. The second-order valence-corrected chi connectivity index (χ2v) is 5.67. The van der Waals surface area contributed by atoms with Crippen molar-refractivity contribution in [3.05, 3.63) is 48.0 Å². The summed E-state index contributed by atoms with van der Waals surface area (Å²) >= 11 is 0. The van der Waals surface area contributed by atoms with Crippen molar-refractivity contribution in [2.45, 2.75) is 39.3 Å². The van der Waals surface area contributed by atoms with Crippen LogP contribution in [0.2, 0.25) is 0 Å². The Morgan fingerprint density at radius 1 is 1.25 bits per heavy atom. The molecule has 2 aromatic rings. The molecule has 0 aliphatic rings. The summed E-state index contributed by atoms with van der Waals surface area (Å²) in [5.41, 5.74) is 0.705. The van der Waals surface area contributed by atoms with E-state index in [1.807, 2.05) is 51.1 Å². The van der Waals surface area contributed by atoms with Gasteiger partial charge in [0.05, 0.1) is 0 Å². The van der Waals surface area contributed by atoms with Gasteiger partial charge in [-0.15, -0.1) is 0 Å². The molecule has 0 saturated carbocycles. The topological polar surface area (TPSA) is 57.0 Å². The summed E-state index contributed by atoms with van der Waals surface area (Å²) in [6.07, 6.45) is 1.01. The third-order valence-electron chi connectivity index (χ3n) is 2.78. The first-order valence-electron chi connectivity index (χ1n) is 6.52. The van der Waals surface area contributed by atoms with E-state index in [-0.39, 0.29) is 11.4 Å². The summed E-state index contributed by atoms with van der Waals surface area (Å²) in [7, 11) is 0. The first-order chi connectivity index (χ1) is 9.38. The number of ether oxygens (including phenoxy) is 1. The molecule has 5 heteroatoms. The van der Waals surface area contributed by atoms with Gasteiger partial charge in [0.15, 0.2) is 5.82 Å². The minimum absolute atomic E-state index is 0.150. The number of carbonyl (C=O) groups excluding carboxylic acids is 1. The fourth-order valence-corrected chi connectivity index (χ4v) is 1.78. The predicted molar refractivity (Wildman–Crippen MR) is 75.1 cm³/mol. The first-order valence-corrected chi connectivity index (χ1v) is 6.52. The lowest BCUT2D eigenvalue weighted by Gasteiger charge is -2.18. The Kier molecular flexibility index (Phi) is 3.88. The van der Waals surface area contributed by atoms with Gasteiger partial charge in [-0.25, -0.2) is 9.67 Å². The summed E-state index contributed by atoms with van der Waals surface area (Å²) < 4.78 is 6.95. The second kappa shape index (κ2) is 5.45. The van der Waals surface area contributed by atoms with E-state index in [9.17, 15) is 4.79 Å². The minimum atomic E-state index is -0.586. The average Bonchev–Trinajstić information content (AvgIpc) is 2.86. The highest BCUT2D eigenvalue weighted by molar-refractivity contribution is 5.66. The number of esters is 1. The zero-order chi connectivity index (χ0) is 14.8. The molecule has 1 atom stereocenters. The van der Waals surface area contributed by atoms with Crippen LogP contribution in [0, 0.1) is 0 Å². The monoisotopic (exact) mass is 273 g/mol. The molecule has 0 aliphatic carbocycles. The zero-order valence-electron chi connectivity index (χ0n) is 12.2. The maximum Gasteiger partial charge on any atom is 0.304 e. The van der Waals surface area contributed by atoms with Crippen LogP contribution < -0.4 is 0 Å². The molecule has 0 N–H and O–H groups in total. The minimum Gasteiger partial charge on any atom is -0.435 e. The zero-order valence-corrected chi connectivity index (χ0v) is 12.2. The Morgan fingerprint density at radius 3 is 2.40 bits per heavy atom. The number of hydrogen-bond acceptors (Lipinski definition) is 4. The Balaban J connectivity index is 2.37. The van der Waals surface area contributed by atoms with Crippen LogP contribution in [0.5, 0.6) is 0 Å². The van der Waals surface area contributed by atoms with E-state index in [1.54, 1.807) is 11.0 Å². The van der Waals surface area contributed by atoms with Crippen molar-refractivity contribution in [1.29, 1.82) is 0 Å². The SMILES string of the molecule is CC(=O)OC(c1ccccc1)n1cnc(C(C)(C)C)n1. The van der Waals surface area contributed by atoms with Crippen molar-refractivity contribution in [2.75, 3.05) is 0 Å². The van der Waals surface area contributed by atoms with Gasteiger partial charge in [0.25, 0.3) is 0 Å². The maximum absolute atomic E-state index is 11.3. The van der Waals surface area contributed by atoms with E-state index in [1.165, 1.54) is 6.92 Å². The molecule has 1 heterocycles. The first kappa shape index (κ1) is 14.2. The van der Waals surface area contributed by atoms with Crippen LogP contribution in [0.15, 0.2) is 36.7 Å². The van der Waals surface area contributed by atoms with Gasteiger partial charge in [-0.05, 0) is 0 Å². The molecule has 2 rings (SSSR count). The number of nitrogens with zero attached hydrogens (tertiary/aromatic N) is 3. The molecule has 0 fully saturated rings. The number of hydrogen-bond donors (Lipinski definition) is 0. The second-order valence-electron chi connectivity index (χ2n) is 5.67. The third kappa shape index (κ3) is 3.23. The molecule has 0 saturated heterocycles. The third-order valence-corrected chi connectivity index (χ3v) is 2.78. The lowest BCUT2D eigenvalue weighted by Crippen LogP contribution is -2.19. The van der Waals surface area contributed by atoms with E-state index >= 15 is 0 Å². The Morgan fingerprint density at radius 2 is 1.90 bits per heavy atom. The van der Waals surface area contributed by atoms with Crippen molar-refractivity contribution < 1.29 is 9.53 Å². The summed E-state index contributed by atoms with van der Waals surface area (Å²) in [6, 6.07) is 9.50. The van der Waals surface area contributed by atoms with E-state index in [0.29, 0.717) is 5.82 Å². The van der Waals surface area contributed by atoms with Gasteiger partial charge in [0, 0.05) is 17.9 Å². The van der Waals surface area contributed by atoms with Crippen molar-refractivity contribution in [3.63, 3.8) is 0 Å². The average molecular weight is 273 g/mol. The highest BCUT2D eigenvalue weighted by Crippen LogP contribution is 2.22. The highest BCUT2D eigenvalue weighted by Gasteiger charge is 2.23. The van der Waals surface area contributed by atoms with Gasteiger partial charge in [-0.2, -0.15) is 5.10 Å².